The van der Waals surface area contributed by atoms with Crippen LogP contribution < -0.4 is 5.32 Å². The number of nitrogens with zero attached hydrogens (tertiary/aromatic N) is 2. The number of H-pyrrole nitrogens is 1. The molecule has 2 fully saturated rings. The molecule has 0 bridgehead atoms. The van der Waals surface area contributed by atoms with Crippen LogP contribution in [0.2, 0.25) is 5.15 Å². The van der Waals surface area contributed by atoms with Crippen molar-refractivity contribution < 1.29 is 9.53 Å². The molecule has 6 nitrogen and oxygen atoms in total. The van der Waals surface area contributed by atoms with E-state index < -0.39 is 0 Å². The Labute approximate surface area is 167 Å². The van der Waals surface area contributed by atoms with E-state index in [0.29, 0.717) is 11.2 Å². The standard InChI is InChI=1S/C20H33ClN4O2/c1-3-4-7-17-22-15(19(21)24-17)13-25-11-9-20(10-12-25)8-5-6-16(20)23-18(26)14-27-2/h16H,3-14H2,1-2H3,(H,22,24)(H,23,26). The van der Waals surface area contributed by atoms with Crippen molar-refractivity contribution in [2.45, 2.75) is 70.9 Å². The average molecular weight is 397 g/mol. The number of amides is 1. The SMILES string of the molecule is CCCCc1nc(Cl)c(CN2CCC3(CCCC3NC(=O)COC)CC2)[nH]1. The highest BCUT2D eigenvalue weighted by Crippen LogP contribution is 2.46. The number of methoxy groups -OCH3 is 1. The average Bonchev–Trinajstić information content (AvgIpc) is 3.19. The molecule has 2 N–H and O–H groups in total. The number of hydrogen-bond donors (Lipinski definition) is 2. The van der Waals surface area contributed by atoms with Crippen molar-refractivity contribution in [2.75, 3.05) is 26.8 Å². The van der Waals surface area contributed by atoms with Gasteiger partial charge in [-0.25, -0.2) is 4.98 Å². The zero-order valence-electron chi connectivity index (χ0n) is 16.7. The van der Waals surface area contributed by atoms with Gasteiger partial charge in [0, 0.05) is 26.1 Å². The minimum absolute atomic E-state index is 0.00931. The molecule has 27 heavy (non-hydrogen) atoms. The molecule has 1 amide bonds. The van der Waals surface area contributed by atoms with Crippen molar-refractivity contribution >= 4 is 17.5 Å². The second kappa shape index (κ2) is 9.39. The van der Waals surface area contributed by atoms with Crippen LogP contribution in [0.3, 0.4) is 0 Å². The van der Waals surface area contributed by atoms with Crippen molar-refractivity contribution in [2.24, 2.45) is 5.41 Å². The zero-order chi connectivity index (χ0) is 19.3. The lowest BCUT2D eigenvalue weighted by molar-refractivity contribution is -0.126. The highest BCUT2D eigenvalue weighted by molar-refractivity contribution is 6.30. The van der Waals surface area contributed by atoms with E-state index in [0.717, 1.165) is 69.7 Å². The molecule has 1 aromatic heterocycles. The van der Waals surface area contributed by atoms with Gasteiger partial charge in [-0.05, 0) is 50.6 Å². The topological polar surface area (TPSA) is 70.2 Å². The summed E-state index contributed by atoms with van der Waals surface area (Å²) in [5, 5.41) is 3.83. The third kappa shape index (κ3) is 5.04. The van der Waals surface area contributed by atoms with Crippen LogP contribution in [0.1, 0.15) is 63.4 Å². The molecule has 1 atom stereocenters. The fourth-order valence-electron chi connectivity index (χ4n) is 4.72. The second-order valence-electron chi connectivity index (χ2n) is 8.14. The number of carbonyl (C=O) groups excluding carboxylic acids is 1. The first kappa shape index (κ1) is 20.6. The quantitative estimate of drug-likeness (QED) is 0.707. The number of likely N-dealkylation sites (tertiary alicyclic amines) is 1. The maximum atomic E-state index is 12.0. The van der Waals surface area contributed by atoms with Crippen LogP contribution in [-0.2, 0) is 22.5 Å². The summed E-state index contributed by atoms with van der Waals surface area (Å²) >= 11 is 6.35. The molecule has 1 saturated carbocycles. The molecule has 1 saturated heterocycles. The zero-order valence-corrected chi connectivity index (χ0v) is 17.4. The number of ether oxygens (including phenoxy) is 1. The van der Waals surface area contributed by atoms with Gasteiger partial charge in [-0.3, -0.25) is 9.69 Å². The van der Waals surface area contributed by atoms with Crippen LogP contribution in [0, 0.1) is 5.41 Å². The van der Waals surface area contributed by atoms with Crippen LogP contribution in [0.4, 0.5) is 0 Å². The van der Waals surface area contributed by atoms with Crippen LogP contribution in [0.25, 0.3) is 0 Å². The first-order valence-electron chi connectivity index (χ1n) is 10.3. The van der Waals surface area contributed by atoms with Gasteiger partial charge >= 0.3 is 0 Å². The molecule has 1 aromatic rings. The number of aromatic nitrogens is 2. The number of halogens is 1. The number of aryl methyl sites for hydroxylation is 1. The molecular formula is C20H33ClN4O2. The predicted molar refractivity (Wildman–Crippen MR) is 107 cm³/mol. The smallest absolute Gasteiger partial charge is 0.246 e. The number of hydrogen-bond acceptors (Lipinski definition) is 4. The molecule has 2 heterocycles. The maximum absolute atomic E-state index is 12.0. The minimum atomic E-state index is 0.00931. The lowest BCUT2D eigenvalue weighted by Gasteiger charge is -2.43. The molecule has 1 aliphatic heterocycles. The van der Waals surface area contributed by atoms with Gasteiger partial charge < -0.3 is 15.0 Å². The van der Waals surface area contributed by atoms with Crippen LogP contribution in [-0.4, -0.2) is 53.6 Å². The van der Waals surface area contributed by atoms with Crippen molar-refractivity contribution in [1.82, 2.24) is 20.2 Å². The van der Waals surface area contributed by atoms with E-state index in [4.69, 9.17) is 16.3 Å². The summed E-state index contributed by atoms with van der Waals surface area (Å²) in [6.07, 6.45) is 9.00. The summed E-state index contributed by atoms with van der Waals surface area (Å²) < 4.78 is 4.97. The Kier molecular flexibility index (Phi) is 7.17. The summed E-state index contributed by atoms with van der Waals surface area (Å²) in [6.45, 7) is 5.24. The Morgan fingerprint density at radius 2 is 2.19 bits per heavy atom. The summed E-state index contributed by atoms with van der Waals surface area (Å²) in [5.74, 6) is 1.01. The van der Waals surface area contributed by atoms with Gasteiger partial charge in [-0.2, -0.15) is 0 Å². The van der Waals surface area contributed by atoms with E-state index in [1.54, 1.807) is 7.11 Å². The van der Waals surface area contributed by atoms with E-state index >= 15 is 0 Å². The largest absolute Gasteiger partial charge is 0.375 e. The van der Waals surface area contributed by atoms with Gasteiger partial charge in [0.2, 0.25) is 5.91 Å². The highest BCUT2D eigenvalue weighted by atomic mass is 35.5. The second-order valence-corrected chi connectivity index (χ2v) is 8.50. The Bertz CT molecular complexity index is 625. The van der Waals surface area contributed by atoms with Crippen LogP contribution >= 0.6 is 11.6 Å². The monoisotopic (exact) mass is 396 g/mol. The minimum Gasteiger partial charge on any atom is -0.375 e. The van der Waals surface area contributed by atoms with E-state index in [2.05, 4.69) is 27.1 Å². The Morgan fingerprint density at radius 1 is 1.41 bits per heavy atom. The number of piperidine rings is 1. The van der Waals surface area contributed by atoms with E-state index in [1.165, 1.54) is 12.8 Å². The van der Waals surface area contributed by atoms with E-state index in [-0.39, 0.29) is 17.9 Å². The number of imidazole rings is 1. The molecule has 1 aliphatic carbocycles. The highest BCUT2D eigenvalue weighted by Gasteiger charge is 2.45. The summed E-state index contributed by atoms with van der Waals surface area (Å²) in [6, 6.07) is 0.290. The summed E-state index contributed by atoms with van der Waals surface area (Å²) in [5.41, 5.74) is 1.29. The predicted octanol–water partition coefficient (Wildman–Crippen LogP) is 3.30. The fraction of sp³-hybridized carbons (Fsp3) is 0.800. The Hall–Kier alpha value is -1.11. The lowest BCUT2D eigenvalue weighted by Crippen LogP contribution is -2.50. The van der Waals surface area contributed by atoms with Gasteiger partial charge in [0.15, 0.2) is 5.15 Å². The number of nitrogens with one attached hydrogen (secondary N) is 2. The number of aromatic amines is 1. The molecule has 0 radical (unpaired) electrons. The van der Waals surface area contributed by atoms with E-state index in [1.807, 2.05) is 0 Å². The molecule has 152 valence electrons. The Morgan fingerprint density at radius 3 is 2.89 bits per heavy atom. The molecular weight excluding hydrogens is 364 g/mol. The number of rotatable bonds is 8. The van der Waals surface area contributed by atoms with Crippen molar-refractivity contribution in [1.29, 1.82) is 0 Å². The van der Waals surface area contributed by atoms with Crippen LogP contribution in [0.15, 0.2) is 0 Å². The molecule has 3 rings (SSSR count). The van der Waals surface area contributed by atoms with Crippen molar-refractivity contribution in [3.05, 3.63) is 16.7 Å². The Balaban J connectivity index is 1.54. The normalized spacial score (nSPS) is 22.4. The first-order valence-corrected chi connectivity index (χ1v) is 10.7. The molecule has 2 aliphatic rings. The lowest BCUT2D eigenvalue weighted by atomic mass is 9.74. The van der Waals surface area contributed by atoms with Gasteiger partial charge in [-0.1, -0.05) is 31.4 Å². The van der Waals surface area contributed by atoms with Crippen molar-refractivity contribution in [3.8, 4) is 0 Å². The third-order valence-electron chi connectivity index (χ3n) is 6.30. The third-order valence-corrected chi connectivity index (χ3v) is 6.61. The van der Waals surface area contributed by atoms with Crippen molar-refractivity contribution in [3.63, 3.8) is 0 Å². The molecule has 0 aromatic carbocycles. The summed E-state index contributed by atoms with van der Waals surface area (Å²) in [7, 11) is 1.57. The van der Waals surface area contributed by atoms with Gasteiger partial charge in [0.25, 0.3) is 0 Å². The van der Waals surface area contributed by atoms with Gasteiger partial charge in [0.05, 0.1) is 5.69 Å². The first-order chi connectivity index (χ1) is 13.1. The van der Waals surface area contributed by atoms with E-state index in [9.17, 15) is 4.79 Å². The fourth-order valence-corrected chi connectivity index (χ4v) is 4.93. The van der Waals surface area contributed by atoms with Gasteiger partial charge in [0.1, 0.15) is 12.4 Å². The number of unbranched alkanes of at least 4 members (excludes halogenated alkanes) is 1. The molecule has 1 unspecified atom stereocenters. The summed E-state index contributed by atoms with van der Waals surface area (Å²) in [4.78, 5) is 22.3. The number of carbonyl (C=O) groups is 1. The molecule has 7 heteroatoms. The van der Waals surface area contributed by atoms with Crippen LogP contribution in [0.5, 0.6) is 0 Å². The van der Waals surface area contributed by atoms with Gasteiger partial charge in [-0.15, -0.1) is 0 Å². The molecule has 1 spiro atoms. The maximum Gasteiger partial charge on any atom is 0.246 e.